The van der Waals surface area contributed by atoms with Gasteiger partial charge in [0.25, 0.3) is 0 Å². The molecular weight excluding hydrogens is 328 g/mol. The normalized spacial score (nSPS) is 11.8. The maximum absolute atomic E-state index is 11.8. The molecule has 10 heteroatoms. The Labute approximate surface area is 135 Å². The monoisotopic (exact) mass is 340 g/mol. The van der Waals surface area contributed by atoms with Crippen LogP contribution in [0.5, 0.6) is 0 Å². The highest BCUT2D eigenvalue weighted by molar-refractivity contribution is 8.00. The molecule has 0 spiro atoms. The Morgan fingerprint density at radius 1 is 1.32 bits per heavy atom. The summed E-state index contributed by atoms with van der Waals surface area (Å²) in [5, 5.41) is 16.4. The van der Waals surface area contributed by atoms with Crippen molar-refractivity contribution in [3.8, 4) is 5.69 Å². The van der Waals surface area contributed by atoms with Gasteiger partial charge >= 0.3 is 6.03 Å². The van der Waals surface area contributed by atoms with E-state index in [9.17, 15) is 9.59 Å². The molecule has 0 aliphatic carbocycles. The van der Waals surface area contributed by atoms with Crippen LogP contribution in [0.25, 0.3) is 5.69 Å². The lowest BCUT2D eigenvalue weighted by Crippen LogP contribution is -2.41. The van der Waals surface area contributed by atoms with Crippen molar-refractivity contribution >= 4 is 35.3 Å². The number of halogens is 1. The minimum absolute atomic E-state index is 0.432. The molecular formula is C12H13ClN6O2S. The standard InChI is InChI=1S/C12H13ClN6O2S/c1-7(10(20)15-11(21)14-2)22-12-16-17-18-19(12)9-5-3-8(13)4-6-9/h3-7H,1-2H3,(H2,14,15,20,21)/t7-/m0/s1. The van der Waals surface area contributed by atoms with Crippen LogP contribution in [-0.4, -0.2) is 44.4 Å². The molecule has 0 radical (unpaired) electrons. The molecule has 0 aliphatic heterocycles. The molecule has 1 heterocycles. The number of carbonyl (C=O) groups is 2. The molecule has 2 N–H and O–H groups in total. The van der Waals surface area contributed by atoms with E-state index in [1.165, 1.54) is 11.7 Å². The van der Waals surface area contributed by atoms with Crippen LogP contribution in [-0.2, 0) is 4.79 Å². The van der Waals surface area contributed by atoms with Gasteiger partial charge in [-0.2, -0.15) is 4.68 Å². The Morgan fingerprint density at radius 3 is 2.64 bits per heavy atom. The van der Waals surface area contributed by atoms with Crippen LogP contribution in [0.4, 0.5) is 4.79 Å². The molecule has 0 unspecified atom stereocenters. The first kappa shape index (κ1) is 16.2. The number of rotatable bonds is 4. The van der Waals surface area contributed by atoms with E-state index in [0.29, 0.717) is 10.2 Å². The molecule has 116 valence electrons. The Morgan fingerprint density at radius 2 is 2.00 bits per heavy atom. The van der Waals surface area contributed by atoms with E-state index in [2.05, 4.69) is 26.2 Å². The quantitative estimate of drug-likeness (QED) is 0.812. The second-order valence-corrected chi connectivity index (χ2v) is 5.92. The number of hydrogen-bond donors (Lipinski definition) is 2. The van der Waals surface area contributed by atoms with Gasteiger partial charge in [0, 0.05) is 12.1 Å². The maximum Gasteiger partial charge on any atom is 0.321 e. The predicted octanol–water partition coefficient (Wildman–Crippen LogP) is 1.25. The van der Waals surface area contributed by atoms with E-state index >= 15 is 0 Å². The van der Waals surface area contributed by atoms with Crippen LogP contribution < -0.4 is 10.6 Å². The van der Waals surface area contributed by atoms with Crippen LogP contribution in [0.3, 0.4) is 0 Å². The van der Waals surface area contributed by atoms with Crippen molar-refractivity contribution in [3.05, 3.63) is 29.3 Å². The summed E-state index contributed by atoms with van der Waals surface area (Å²) < 4.78 is 1.49. The molecule has 2 rings (SSSR count). The Bertz CT molecular complexity index is 675. The van der Waals surface area contributed by atoms with Gasteiger partial charge in [-0.15, -0.1) is 5.10 Å². The van der Waals surface area contributed by atoms with Crippen molar-refractivity contribution < 1.29 is 9.59 Å². The Kier molecular flexibility index (Phi) is 5.34. The Hall–Kier alpha value is -2.13. The van der Waals surface area contributed by atoms with Crippen molar-refractivity contribution in [1.29, 1.82) is 0 Å². The van der Waals surface area contributed by atoms with Gasteiger partial charge in [0.2, 0.25) is 11.1 Å². The minimum Gasteiger partial charge on any atom is -0.341 e. The van der Waals surface area contributed by atoms with Crippen LogP contribution in [0, 0.1) is 0 Å². The minimum atomic E-state index is -0.560. The van der Waals surface area contributed by atoms with Crippen molar-refractivity contribution in [3.63, 3.8) is 0 Å². The highest BCUT2D eigenvalue weighted by Crippen LogP contribution is 2.23. The number of carbonyl (C=O) groups excluding carboxylic acids is 2. The number of amides is 3. The molecule has 3 amide bonds. The second-order valence-electron chi connectivity index (χ2n) is 4.18. The van der Waals surface area contributed by atoms with Crippen molar-refractivity contribution in [2.75, 3.05) is 7.05 Å². The summed E-state index contributed by atoms with van der Waals surface area (Å²) in [7, 11) is 1.43. The Balaban J connectivity index is 2.11. The first-order chi connectivity index (χ1) is 10.5. The third kappa shape index (κ3) is 3.95. The fourth-order valence-corrected chi connectivity index (χ4v) is 2.42. The smallest absolute Gasteiger partial charge is 0.321 e. The lowest BCUT2D eigenvalue weighted by molar-refractivity contribution is -0.119. The van der Waals surface area contributed by atoms with E-state index < -0.39 is 17.2 Å². The number of tetrazole rings is 1. The first-order valence-corrected chi connectivity index (χ1v) is 7.50. The number of thioether (sulfide) groups is 1. The van der Waals surface area contributed by atoms with E-state index in [1.54, 1.807) is 31.2 Å². The van der Waals surface area contributed by atoms with Crippen LogP contribution in [0.2, 0.25) is 5.02 Å². The molecule has 1 aromatic carbocycles. The molecule has 0 bridgehead atoms. The molecule has 0 fully saturated rings. The summed E-state index contributed by atoms with van der Waals surface area (Å²) >= 11 is 6.98. The molecule has 22 heavy (non-hydrogen) atoms. The summed E-state index contributed by atoms with van der Waals surface area (Å²) in [6.45, 7) is 1.66. The van der Waals surface area contributed by atoms with Gasteiger partial charge in [0.1, 0.15) is 0 Å². The molecule has 1 aromatic heterocycles. The van der Waals surface area contributed by atoms with Gasteiger partial charge in [-0.05, 0) is 41.6 Å². The third-order valence-corrected chi connectivity index (χ3v) is 3.91. The van der Waals surface area contributed by atoms with Crippen molar-refractivity contribution in [2.24, 2.45) is 0 Å². The largest absolute Gasteiger partial charge is 0.341 e. The summed E-state index contributed by atoms with van der Waals surface area (Å²) in [6.07, 6.45) is 0. The molecule has 0 saturated heterocycles. The van der Waals surface area contributed by atoms with Gasteiger partial charge in [0.05, 0.1) is 10.9 Å². The fraction of sp³-hybridized carbons (Fsp3) is 0.250. The van der Waals surface area contributed by atoms with Gasteiger partial charge in [-0.1, -0.05) is 23.4 Å². The van der Waals surface area contributed by atoms with Crippen LogP contribution in [0.15, 0.2) is 29.4 Å². The number of imide groups is 1. The van der Waals surface area contributed by atoms with E-state index in [4.69, 9.17) is 11.6 Å². The zero-order valence-electron chi connectivity index (χ0n) is 11.8. The summed E-state index contributed by atoms with van der Waals surface area (Å²) in [5.41, 5.74) is 0.718. The van der Waals surface area contributed by atoms with Crippen LogP contribution in [0.1, 0.15) is 6.92 Å². The van der Waals surface area contributed by atoms with Crippen LogP contribution >= 0.6 is 23.4 Å². The zero-order valence-corrected chi connectivity index (χ0v) is 13.4. The van der Waals surface area contributed by atoms with Gasteiger partial charge in [0.15, 0.2) is 0 Å². The predicted molar refractivity (Wildman–Crippen MR) is 82.1 cm³/mol. The zero-order chi connectivity index (χ0) is 16.1. The van der Waals surface area contributed by atoms with Gasteiger partial charge in [-0.25, -0.2) is 4.79 Å². The van der Waals surface area contributed by atoms with Gasteiger partial charge in [-0.3, -0.25) is 10.1 Å². The average molecular weight is 341 g/mol. The average Bonchev–Trinajstić information content (AvgIpc) is 2.95. The number of nitrogens with zero attached hydrogens (tertiary/aromatic N) is 4. The summed E-state index contributed by atoms with van der Waals surface area (Å²) in [4.78, 5) is 23.0. The summed E-state index contributed by atoms with van der Waals surface area (Å²) in [6, 6.07) is 6.40. The highest BCUT2D eigenvalue weighted by Gasteiger charge is 2.20. The van der Waals surface area contributed by atoms with Gasteiger partial charge < -0.3 is 5.32 Å². The maximum atomic E-state index is 11.8. The number of benzene rings is 1. The molecule has 0 saturated carbocycles. The lowest BCUT2D eigenvalue weighted by Gasteiger charge is -2.10. The first-order valence-electron chi connectivity index (χ1n) is 6.25. The molecule has 1 atom stereocenters. The topological polar surface area (TPSA) is 102 Å². The molecule has 2 aromatic rings. The lowest BCUT2D eigenvalue weighted by atomic mass is 10.3. The van der Waals surface area contributed by atoms with E-state index in [1.807, 2.05) is 0 Å². The number of aromatic nitrogens is 4. The molecule has 0 aliphatic rings. The van der Waals surface area contributed by atoms with Crippen molar-refractivity contribution in [1.82, 2.24) is 30.8 Å². The second kappa shape index (κ2) is 7.23. The third-order valence-electron chi connectivity index (χ3n) is 2.63. The van der Waals surface area contributed by atoms with E-state index in [-0.39, 0.29) is 0 Å². The number of urea groups is 1. The number of nitrogens with one attached hydrogen (secondary N) is 2. The molecule has 8 nitrogen and oxygen atoms in total. The van der Waals surface area contributed by atoms with E-state index in [0.717, 1.165) is 17.4 Å². The fourth-order valence-electron chi connectivity index (χ4n) is 1.48. The highest BCUT2D eigenvalue weighted by atomic mass is 35.5. The van der Waals surface area contributed by atoms with Crippen molar-refractivity contribution in [2.45, 2.75) is 17.3 Å². The number of hydrogen-bond acceptors (Lipinski definition) is 6. The summed E-state index contributed by atoms with van der Waals surface area (Å²) in [5.74, 6) is -0.435. The SMILES string of the molecule is CNC(=O)NC(=O)[C@H](C)Sc1nnnn1-c1ccc(Cl)cc1.